The molecule has 0 fully saturated rings. The van der Waals surface area contributed by atoms with Gasteiger partial charge in [-0.25, -0.2) is 9.80 Å². The Morgan fingerprint density at radius 2 is 1.90 bits per heavy atom. The smallest absolute Gasteiger partial charge is 0.331 e. The SMILES string of the molecule is O=C(C=Cc1ccco1)OCC(=O)N1N=C(c2ccc(Cl)cc2)CC1c1ccco1. The molecular weight excluding hydrogens is 408 g/mol. The quantitative estimate of drug-likeness (QED) is 0.430. The average molecular weight is 425 g/mol. The summed E-state index contributed by atoms with van der Waals surface area (Å²) in [6.07, 6.45) is 6.16. The van der Waals surface area contributed by atoms with Gasteiger partial charge in [0.25, 0.3) is 5.91 Å². The van der Waals surface area contributed by atoms with Crippen LogP contribution in [0.15, 0.2) is 81.1 Å². The predicted octanol–water partition coefficient (Wildman–Crippen LogP) is 4.46. The third kappa shape index (κ3) is 4.52. The molecule has 0 saturated carbocycles. The average Bonchev–Trinajstić information content (AvgIpc) is 3.52. The van der Waals surface area contributed by atoms with Gasteiger partial charge in [-0.05, 0) is 48.0 Å². The summed E-state index contributed by atoms with van der Waals surface area (Å²) in [5.41, 5.74) is 1.56. The van der Waals surface area contributed by atoms with E-state index in [1.807, 2.05) is 12.1 Å². The number of nitrogens with zero attached hydrogens (tertiary/aromatic N) is 2. The molecule has 0 radical (unpaired) electrons. The zero-order valence-electron chi connectivity index (χ0n) is 15.7. The lowest BCUT2D eigenvalue weighted by Crippen LogP contribution is -2.31. The number of rotatable bonds is 6. The van der Waals surface area contributed by atoms with Crippen LogP contribution in [0.5, 0.6) is 0 Å². The molecule has 30 heavy (non-hydrogen) atoms. The lowest BCUT2D eigenvalue weighted by Gasteiger charge is -2.19. The third-order valence-electron chi connectivity index (χ3n) is 4.48. The fourth-order valence-corrected chi connectivity index (χ4v) is 3.17. The Labute approximate surface area is 177 Å². The van der Waals surface area contributed by atoms with E-state index in [2.05, 4.69) is 5.10 Å². The van der Waals surface area contributed by atoms with Crippen molar-refractivity contribution in [3.8, 4) is 0 Å². The second-order valence-electron chi connectivity index (χ2n) is 6.48. The van der Waals surface area contributed by atoms with Crippen LogP contribution in [-0.2, 0) is 14.3 Å². The van der Waals surface area contributed by atoms with E-state index in [0.717, 1.165) is 5.56 Å². The Morgan fingerprint density at radius 1 is 1.13 bits per heavy atom. The van der Waals surface area contributed by atoms with Gasteiger partial charge in [0.1, 0.15) is 17.6 Å². The van der Waals surface area contributed by atoms with Crippen molar-refractivity contribution in [3.05, 3.63) is 89.2 Å². The maximum atomic E-state index is 12.8. The Hall–Kier alpha value is -3.58. The maximum absolute atomic E-state index is 12.8. The molecule has 0 N–H and O–H groups in total. The molecule has 1 aromatic carbocycles. The van der Waals surface area contributed by atoms with Crippen molar-refractivity contribution >= 4 is 35.3 Å². The third-order valence-corrected chi connectivity index (χ3v) is 4.73. The van der Waals surface area contributed by atoms with Gasteiger partial charge in [0.2, 0.25) is 0 Å². The van der Waals surface area contributed by atoms with Crippen LogP contribution in [0.3, 0.4) is 0 Å². The summed E-state index contributed by atoms with van der Waals surface area (Å²) in [6.45, 7) is -0.448. The van der Waals surface area contributed by atoms with Gasteiger partial charge in [-0.2, -0.15) is 5.10 Å². The van der Waals surface area contributed by atoms with E-state index < -0.39 is 24.5 Å². The van der Waals surface area contributed by atoms with Crippen molar-refractivity contribution < 1.29 is 23.2 Å². The van der Waals surface area contributed by atoms with Gasteiger partial charge in [0, 0.05) is 17.5 Å². The molecular formula is C22H17ClN2O5. The highest BCUT2D eigenvalue weighted by Crippen LogP contribution is 2.33. The minimum atomic E-state index is -0.657. The molecule has 152 valence electrons. The minimum Gasteiger partial charge on any atom is -0.467 e. The second kappa shape index (κ2) is 8.84. The van der Waals surface area contributed by atoms with E-state index in [4.69, 9.17) is 25.2 Å². The van der Waals surface area contributed by atoms with Crippen LogP contribution in [0.4, 0.5) is 0 Å². The minimum absolute atomic E-state index is 0.421. The van der Waals surface area contributed by atoms with Crippen molar-refractivity contribution in [2.24, 2.45) is 5.10 Å². The first-order chi connectivity index (χ1) is 14.6. The first-order valence-corrected chi connectivity index (χ1v) is 9.55. The van der Waals surface area contributed by atoms with Gasteiger partial charge < -0.3 is 13.6 Å². The summed E-state index contributed by atoms with van der Waals surface area (Å²) in [6, 6.07) is 13.7. The Bertz CT molecular complexity index is 1070. The zero-order chi connectivity index (χ0) is 20.9. The highest BCUT2D eigenvalue weighted by atomic mass is 35.5. The van der Waals surface area contributed by atoms with Gasteiger partial charge in [-0.3, -0.25) is 4.79 Å². The van der Waals surface area contributed by atoms with Crippen molar-refractivity contribution in [3.63, 3.8) is 0 Å². The van der Waals surface area contributed by atoms with Crippen molar-refractivity contribution in [1.29, 1.82) is 0 Å². The van der Waals surface area contributed by atoms with Crippen LogP contribution in [0.2, 0.25) is 5.02 Å². The number of esters is 1. The Morgan fingerprint density at radius 3 is 2.60 bits per heavy atom. The van der Waals surface area contributed by atoms with E-state index >= 15 is 0 Å². The molecule has 0 spiro atoms. The maximum Gasteiger partial charge on any atom is 0.331 e. The van der Waals surface area contributed by atoms with Gasteiger partial charge in [-0.1, -0.05) is 23.7 Å². The molecule has 2 aromatic heterocycles. The molecule has 0 saturated heterocycles. The molecule has 0 aliphatic carbocycles. The van der Waals surface area contributed by atoms with Gasteiger partial charge in [-0.15, -0.1) is 0 Å². The number of carbonyl (C=O) groups excluding carboxylic acids is 2. The number of carbonyl (C=O) groups is 2. The van der Waals surface area contributed by atoms with Crippen LogP contribution in [-0.4, -0.2) is 29.2 Å². The molecule has 7 nitrogen and oxygen atoms in total. The van der Waals surface area contributed by atoms with Crippen LogP contribution in [0, 0.1) is 0 Å². The molecule has 1 aliphatic rings. The van der Waals surface area contributed by atoms with Gasteiger partial charge in [0.05, 0.1) is 18.2 Å². The monoisotopic (exact) mass is 424 g/mol. The summed E-state index contributed by atoms with van der Waals surface area (Å²) >= 11 is 5.96. The van der Waals surface area contributed by atoms with E-state index in [0.29, 0.717) is 28.7 Å². The van der Waals surface area contributed by atoms with Crippen LogP contribution >= 0.6 is 11.6 Å². The predicted molar refractivity (Wildman–Crippen MR) is 110 cm³/mol. The highest BCUT2D eigenvalue weighted by Gasteiger charge is 2.35. The number of furan rings is 2. The molecule has 1 amide bonds. The van der Waals surface area contributed by atoms with E-state index in [1.165, 1.54) is 29.7 Å². The van der Waals surface area contributed by atoms with E-state index in [9.17, 15) is 9.59 Å². The molecule has 1 unspecified atom stereocenters. The lowest BCUT2D eigenvalue weighted by molar-refractivity contribution is -0.149. The largest absolute Gasteiger partial charge is 0.467 e. The summed E-state index contributed by atoms with van der Waals surface area (Å²) in [5.74, 6) is -0.0106. The second-order valence-corrected chi connectivity index (χ2v) is 6.92. The van der Waals surface area contributed by atoms with Crippen molar-refractivity contribution in [1.82, 2.24) is 5.01 Å². The fraction of sp³-hybridized carbons (Fsp3) is 0.136. The van der Waals surface area contributed by atoms with Gasteiger partial charge in [0.15, 0.2) is 6.61 Å². The number of hydrogen-bond acceptors (Lipinski definition) is 6. The first kappa shape index (κ1) is 19.7. The van der Waals surface area contributed by atoms with Crippen LogP contribution < -0.4 is 0 Å². The number of hydrazone groups is 1. The van der Waals surface area contributed by atoms with Crippen LogP contribution in [0.1, 0.15) is 29.5 Å². The highest BCUT2D eigenvalue weighted by molar-refractivity contribution is 6.30. The Kier molecular flexibility index (Phi) is 5.81. The van der Waals surface area contributed by atoms with Crippen LogP contribution in [0.25, 0.3) is 6.08 Å². The Balaban J connectivity index is 1.46. The van der Waals surface area contributed by atoms with E-state index in [1.54, 1.807) is 36.4 Å². The fourth-order valence-electron chi connectivity index (χ4n) is 3.04. The number of amides is 1. The number of ether oxygens (including phenoxy) is 1. The number of hydrogen-bond donors (Lipinski definition) is 0. The molecule has 8 heteroatoms. The topological polar surface area (TPSA) is 85.2 Å². The van der Waals surface area contributed by atoms with Crippen molar-refractivity contribution in [2.45, 2.75) is 12.5 Å². The summed E-state index contributed by atoms with van der Waals surface area (Å²) < 4.78 is 15.7. The molecule has 0 bridgehead atoms. The molecule has 1 atom stereocenters. The standard InChI is InChI=1S/C22H17ClN2O5/c23-16-7-5-15(6-8-16)18-13-19(20-4-2-12-29-20)25(24-18)21(26)14-30-22(27)10-9-17-3-1-11-28-17/h1-12,19H,13-14H2. The summed E-state index contributed by atoms with van der Waals surface area (Å²) in [5, 5.41) is 6.37. The summed E-state index contributed by atoms with van der Waals surface area (Å²) in [4.78, 5) is 24.7. The number of halogens is 1. The van der Waals surface area contributed by atoms with E-state index in [-0.39, 0.29) is 0 Å². The molecule has 1 aliphatic heterocycles. The molecule has 3 heterocycles. The van der Waals surface area contributed by atoms with Gasteiger partial charge >= 0.3 is 5.97 Å². The molecule has 3 aromatic rings. The lowest BCUT2D eigenvalue weighted by atomic mass is 10.0. The zero-order valence-corrected chi connectivity index (χ0v) is 16.5. The summed E-state index contributed by atoms with van der Waals surface area (Å²) in [7, 11) is 0. The number of benzene rings is 1. The molecule has 4 rings (SSSR count). The first-order valence-electron chi connectivity index (χ1n) is 9.17. The van der Waals surface area contributed by atoms with Crippen molar-refractivity contribution in [2.75, 3.05) is 6.61 Å². The normalized spacial score (nSPS) is 16.1.